The van der Waals surface area contributed by atoms with Crippen LogP contribution in [-0.4, -0.2) is 7.11 Å². The van der Waals surface area contributed by atoms with Crippen LogP contribution >= 0.6 is 0 Å². The van der Waals surface area contributed by atoms with E-state index in [1.807, 2.05) is 13.0 Å². The molecule has 1 rings (SSSR count). The van der Waals surface area contributed by atoms with Gasteiger partial charge >= 0.3 is 0 Å². The van der Waals surface area contributed by atoms with Crippen molar-refractivity contribution < 1.29 is 9.22 Å². The van der Waals surface area contributed by atoms with Gasteiger partial charge in [0.2, 0.25) is 0 Å². The fraction of sp³-hybridized carbons (Fsp3) is 0.250. The second-order valence-electron chi connectivity index (χ2n) is 2.33. The zero-order valence-electron chi connectivity index (χ0n) is 6.52. The molecule has 1 aromatic carbocycles. The van der Waals surface area contributed by atoms with Crippen LogP contribution in [0.4, 0.5) is 10.2 Å². The molecule has 2 nitrogen and oxygen atoms in total. The van der Waals surface area contributed by atoms with Crippen molar-refractivity contribution in [2.24, 2.45) is 0 Å². The highest BCUT2D eigenvalue weighted by Crippen LogP contribution is 2.19. The van der Waals surface area contributed by atoms with Crippen LogP contribution in [0.2, 0.25) is 0 Å². The summed E-state index contributed by atoms with van der Waals surface area (Å²) in [6.45, 7) is 1.88. The average Bonchev–Trinajstić information content (AvgIpc) is 2.03. The van der Waals surface area contributed by atoms with Gasteiger partial charge in [0.15, 0.2) is 0 Å². The molecule has 0 atom stereocenters. The standard InChI is InChI=1S/C8H10FNO/c1-6-3-7(10-9)5-8(4-6)11-2/h3-5,10H,1-2H3. The van der Waals surface area contributed by atoms with E-state index in [1.54, 1.807) is 24.8 Å². The molecule has 0 aliphatic heterocycles. The van der Waals surface area contributed by atoms with Gasteiger partial charge < -0.3 is 4.74 Å². The highest BCUT2D eigenvalue weighted by atomic mass is 19.2. The van der Waals surface area contributed by atoms with Crippen LogP contribution in [0.25, 0.3) is 0 Å². The maximum atomic E-state index is 11.9. The molecule has 0 fully saturated rings. The van der Waals surface area contributed by atoms with Crippen LogP contribution in [-0.2, 0) is 0 Å². The van der Waals surface area contributed by atoms with E-state index in [4.69, 9.17) is 4.74 Å². The molecule has 3 heteroatoms. The number of hydrogen-bond acceptors (Lipinski definition) is 2. The lowest BCUT2D eigenvalue weighted by Crippen LogP contribution is -1.87. The zero-order chi connectivity index (χ0) is 8.27. The fourth-order valence-electron chi connectivity index (χ4n) is 0.920. The molecule has 0 aliphatic rings. The average molecular weight is 155 g/mol. The minimum Gasteiger partial charge on any atom is -0.497 e. The Morgan fingerprint density at radius 3 is 2.64 bits per heavy atom. The number of methoxy groups -OCH3 is 1. The first-order valence-electron chi connectivity index (χ1n) is 3.28. The van der Waals surface area contributed by atoms with Crippen molar-refractivity contribution in [1.82, 2.24) is 0 Å². The third-order valence-corrected chi connectivity index (χ3v) is 1.40. The number of ether oxygens (including phenoxy) is 1. The molecular formula is C8H10FNO. The van der Waals surface area contributed by atoms with Crippen LogP contribution < -0.4 is 10.3 Å². The lowest BCUT2D eigenvalue weighted by atomic mass is 10.2. The van der Waals surface area contributed by atoms with E-state index in [2.05, 4.69) is 0 Å². The number of rotatable bonds is 2. The van der Waals surface area contributed by atoms with Crippen LogP contribution in [0, 0.1) is 6.92 Å². The molecule has 0 radical (unpaired) electrons. The SMILES string of the molecule is COc1cc(C)cc(NF)c1. The first-order chi connectivity index (χ1) is 5.26. The largest absolute Gasteiger partial charge is 0.497 e. The maximum Gasteiger partial charge on any atom is 0.121 e. The van der Waals surface area contributed by atoms with E-state index in [1.165, 1.54) is 0 Å². The highest BCUT2D eigenvalue weighted by Gasteiger charge is 1.96. The predicted molar refractivity (Wildman–Crippen MR) is 42.5 cm³/mol. The molecule has 0 aliphatic carbocycles. The summed E-state index contributed by atoms with van der Waals surface area (Å²) in [7, 11) is 1.55. The molecule has 0 spiro atoms. The van der Waals surface area contributed by atoms with Crippen molar-refractivity contribution >= 4 is 5.69 Å². The van der Waals surface area contributed by atoms with E-state index < -0.39 is 0 Å². The Labute approximate surface area is 64.9 Å². The van der Waals surface area contributed by atoms with Gasteiger partial charge in [-0.25, -0.2) is 5.54 Å². The molecule has 1 N–H and O–H groups in total. The van der Waals surface area contributed by atoms with Crippen LogP contribution in [0.5, 0.6) is 5.75 Å². The minimum absolute atomic E-state index is 0.418. The van der Waals surface area contributed by atoms with E-state index in [0.29, 0.717) is 11.4 Å². The maximum absolute atomic E-state index is 11.9. The number of hydrogen-bond donors (Lipinski definition) is 1. The minimum atomic E-state index is 0.418. The molecule has 60 valence electrons. The summed E-state index contributed by atoms with van der Waals surface area (Å²) >= 11 is 0. The molecule has 11 heavy (non-hydrogen) atoms. The quantitative estimate of drug-likeness (QED) is 0.661. The first kappa shape index (κ1) is 7.85. The van der Waals surface area contributed by atoms with Crippen molar-refractivity contribution in [2.75, 3.05) is 12.6 Å². The van der Waals surface area contributed by atoms with E-state index in [9.17, 15) is 4.48 Å². The van der Waals surface area contributed by atoms with Crippen LogP contribution in [0.15, 0.2) is 18.2 Å². The molecule has 0 bridgehead atoms. The van der Waals surface area contributed by atoms with Crippen molar-refractivity contribution in [1.29, 1.82) is 0 Å². The Balaban J connectivity index is 3.02. The number of halogens is 1. The Hall–Kier alpha value is -1.25. The lowest BCUT2D eigenvalue weighted by molar-refractivity contribution is 0.414. The Kier molecular flexibility index (Phi) is 2.31. The van der Waals surface area contributed by atoms with Gasteiger partial charge in [-0.15, -0.1) is 4.48 Å². The van der Waals surface area contributed by atoms with Gasteiger partial charge in [-0.1, -0.05) is 0 Å². The van der Waals surface area contributed by atoms with Crippen molar-refractivity contribution in [2.45, 2.75) is 6.92 Å². The molecule has 0 saturated carbocycles. The Morgan fingerprint density at radius 2 is 2.09 bits per heavy atom. The number of anilines is 1. The monoisotopic (exact) mass is 155 g/mol. The molecule has 0 saturated heterocycles. The number of nitrogens with one attached hydrogen (secondary N) is 1. The van der Waals surface area contributed by atoms with Gasteiger partial charge in [-0.05, 0) is 24.6 Å². The van der Waals surface area contributed by atoms with Gasteiger partial charge in [-0.3, -0.25) is 0 Å². The Bertz CT molecular complexity index is 228. The summed E-state index contributed by atoms with van der Waals surface area (Å²) in [6.07, 6.45) is 0. The van der Waals surface area contributed by atoms with Crippen molar-refractivity contribution in [3.8, 4) is 5.75 Å². The highest BCUT2D eigenvalue weighted by molar-refractivity contribution is 5.49. The van der Waals surface area contributed by atoms with E-state index in [0.717, 1.165) is 5.56 Å². The molecule has 0 aromatic heterocycles. The predicted octanol–water partition coefficient (Wildman–Crippen LogP) is 2.30. The van der Waals surface area contributed by atoms with Crippen molar-refractivity contribution in [3.05, 3.63) is 23.8 Å². The second kappa shape index (κ2) is 3.23. The lowest BCUT2D eigenvalue weighted by Gasteiger charge is -2.03. The van der Waals surface area contributed by atoms with Crippen LogP contribution in [0.3, 0.4) is 0 Å². The van der Waals surface area contributed by atoms with Gasteiger partial charge in [0.1, 0.15) is 5.75 Å². The third kappa shape index (κ3) is 1.83. The summed E-state index contributed by atoms with van der Waals surface area (Å²) in [5, 5.41) is 0. The molecule has 0 unspecified atom stereocenters. The van der Waals surface area contributed by atoms with Gasteiger partial charge in [0, 0.05) is 6.07 Å². The topological polar surface area (TPSA) is 21.3 Å². The fourth-order valence-corrected chi connectivity index (χ4v) is 0.920. The summed E-state index contributed by atoms with van der Waals surface area (Å²) in [5.41, 5.74) is 2.94. The summed E-state index contributed by atoms with van der Waals surface area (Å²) in [6, 6.07) is 5.12. The van der Waals surface area contributed by atoms with Gasteiger partial charge in [0.25, 0.3) is 0 Å². The second-order valence-corrected chi connectivity index (χ2v) is 2.33. The van der Waals surface area contributed by atoms with Gasteiger partial charge in [0.05, 0.1) is 12.8 Å². The first-order valence-corrected chi connectivity index (χ1v) is 3.28. The number of benzene rings is 1. The summed E-state index contributed by atoms with van der Waals surface area (Å²) in [5.74, 6) is 0.658. The van der Waals surface area contributed by atoms with Gasteiger partial charge in [-0.2, -0.15) is 0 Å². The van der Waals surface area contributed by atoms with E-state index >= 15 is 0 Å². The molecule has 0 heterocycles. The van der Waals surface area contributed by atoms with Crippen molar-refractivity contribution in [3.63, 3.8) is 0 Å². The number of aryl methyl sites for hydroxylation is 1. The Morgan fingerprint density at radius 1 is 1.36 bits per heavy atom. The summed E-state index contributed by atoms with van der Waals surface area (Å²) in [4.78, 5) is 0. The van der Waals surface area contributed by atoms with Crippen LogP contribution in [0.1, 0.15) is 5.56 Å². The molecular weight excluding hydrogens is 145 g/mol. The summed E-state index contributed by atoms with van der Waals surface area (Å²) < 4.78 is 16.8. The molecule has 1 aromatic rings. The third-order valence-electron chi connectivity index (χ3n) is 1.40. The van der Waals surface area contributed by atoms with E-state index in [-0.39, 0.29) is 0 Å². The zero-order valence-corrected chi connectivity index (χ0v) is 6.52. The molecule has 0 amide bonds. The normalized spacial score (nSPS) is 9.36. The smallest absolute Gasteiger partial charge is 0.121 e.